The molecule has 0 radical (unpaired) electrons. The van der Waals surface area contributed by atoms with Gasteiger partial charge in [0.2, 0.25) is 0 Å². The predicted molar refractivity (Wildman–Crippen MR) is 111 cm³/mol. The number of aromatic nitrogens is 2. The van der Waals surface area contributed by atoms with Gasteiger partial charge in [0.25, 0.3) is 5.56 Å². The maximum absolute atomic E-state index is 12.9. The van der Waals surface area contributed by atoms with Gasteiger partial charge >= 0.3 is 0 Å². The first-order chi connectivity index (χ1) is 14.2. The zero-order chi connectivity index (χ0) is 20.0. The number of hydrogen-bond acceptors (Lipinski definition) is 5. The number of pyridine rings is 1. The molecule has 150 valence electrons. The fourth-order valence-electron chi connectivity index (χ4n) is 4.79. The summed E-state index contributed by atoms with van der Waals surface area (Å²) in [5, 5.41) is 0. The van der Waals surface area contributed by atoms with Crippen LogP contribution in [0.15, 0.2) is 47.4 Å². The number of fused-ring (bicyclic) bond motifs is 4. The van der Waals surface area contributed by atoms with Gasteiger partial charge < -0.3 is 14.4 Å². The van der Waals surface area contributed by atoms with Crippen molar-refractivity contribution < 1.29 is 9.47 Å². The van der Waals surface area contributed by atoms with E-state index in [4.69, 9.17) is 9.47 Å². The van der Waals surface area contributed by atoms with Crippen molar-refractivity contribution in [2.75, 3.05) is 33.4 Å². The van der Waals surface area contributed by atoms with Crippen molar-refractivity contribution in [2.24, 2.45) is 5.92 Å². The number of hydrogen-bond donors (Lipinski definition) is 0. The zero-order valence-electron chi connectivity index (χ0n) is 16.8. The van der Waals surface area contributed by atoms with Crippen molar-refractivity contribution >= 4 is 5.65 Å². The topological polar surface area (TPSA) is 56.1 Å². The van der Waals surface area contributed by atoms with Crippen molar-refractivity contribution in [3.8, 4) is 11.5 Å². The second-order valence-corrected chi connectivity index (χ2v) is 7.98. The highest BCUT2D eigenvalue weighted by molar-refractivity contribution is 5.50. The Balaban J connectivity index is 1.35. The van der Waals surface area contributed by atoms with Crippen LogP contribution in [0.4, 0.5) is 0 Å². The van der Waals surface area contributed by atoms with E-state index in [2.05, 4.69) is 16.0 Å². The summed E-state index contributed by atoms with van der Waals surface area (Å²) in [6, 6.07) is 11.8. The Bertz CT molecular complexity index is 1120. The lowest BCUT2D eigenvalue weighted by molar-refractivity contribution is 0.204. The standard InChI is InChI=1S/C23H25N3O3/c1-15-17(23(27)26-10-4-3-8-21(26)24-15)9-11-25-12-16-14-29-22-18(19(16)13-25)6-5-7-20(22)28-2/h3-8,10,16,19H,9,11-14H2,1-2H3. The van der Waals surface area contributed by atoms with Crippen LogP contribution in [-0.2, 0) is 6.42 Å². The number of nitrogens with zero attached hydrogens (tertiary/aromatic N) is 3. The lowest BCUT2D eigenvalue weighted by Gasteiger charge is -2.28. The van der Waals surface area contributed by atoms with Crippen LogP contribution in [0.2, 0.25) is 0 Å². The number of rotatable bonds is 4. The molecule has 0 aliphatic carbocycles. The molecule has 1 fully saturated rings. The smallest absolute Gasteiger partial charge is 0.261 e. The second-order valence-electron chi connectivity index (χ2n) is 7.98. The molecule has 3 aromatic rings. The maximum atomic E-state index is 12.9. The number of benzene rings is 1. The minimum Gasteiger partial charge on any atom is -0.493 e. The summed E-state index contributed by atoms with van der Waals surface area (Å²) in [7, 11) is 1.68. The molecule has 4 heterocycles. The molecule has 2 aliphatic heterocycles. The van der Waals surface area contributed by atoms with E-state index in [0.717, 1.165) is 42.4 Å². The fourth-order valence-corrected chi connectivity index (χ4v) is 4.79. The molecule has 6 heteroatoms. The van der Waals surface area contributed by atoms with Crippen molar-refractivity contribution in [1.29, 1.82) is 0 Å². The molecule has 2 atom stereocenters. The largest absolute Gasteiger partial charge is 0.493 e. The predicted octanol–water partition coefficient (Wildman–Crippen LogP) is 2.66. The van der Waals surface area contributed by atoms with E-state index in [1.54, 1.807) is 17.7 Å². The van der Waals surface area contributed by atoms with Crippen molar-refractivity contribution in [1.82, 2.24) is 14.3 Å². The maximum Gasteiger partial charge on any atom is 0.261 e. The van der Waals surface area contributed by atoms with Crippen LogP contribution < -0.4 is 15.0 Å². The van der Waals surface area contributed by atoms with Crippen molar-refractivity contribution in [2.45, 2.75) is 19.3 Å². The highest BCUT2D eigenvalue weighted by Crippen LogP contribution is 2.45. The van der Waals surface area contributed by atoms with E-state index in [0.29, 0.717) is 30.5 Å². The summed E-state index contributed by atoms with van der Waals surface area (Å²) < 4.78 is 13.2. The molecule has 1 saturated heterocycles. The summed E-state index contributed by atoms with van der Waals surface area (Å²) in [6.07, 6.45) is 2.50. The van der Waals surface area contributed by atoms with Gasteiger partial charge in [-0.05, 0) is 31.5 Å². The normalized spacial score (nSPS) is 20.9. The Morgan fingerprint density at radius 2 is 2.10 bits per heavy atom. The number of ether oxygens (including phenoxy) is 2. The highest BCUT2D eigenvalue weighted by atomic mass is 16.5. The summed E-state index contributed by atoms with van der Waals surface area (Å²) in [4.78, 5) is 20.0. The molecule has 2 aromatic heterocycles. The van der Waals surface area contributed by atoms with Crippen LogP contribution in [0, 0.1) is 12.8 Å². The Hall–Kier alpha value is -2.86. The summed E-state index contributed by atoms with van der Waals surface area (Å²) in [6.45, 7) is 5.47. The highest BCUT2D eigenvalue weighted by Gasteiger charge is 2.39. The van der Waals surface area contributed by atoms with E-state index in [1.165, 1.54) is 5.56 Å². The van der Waals surface area contributed by atoms with Crippen LogP contribution >= 0.6 is 0 Å². The van der Waals surface area contributed by atoms with Gasteiger partial charge in [0.05, 0.1) is 13.7 Å². The van der Waals surface area contributed by atoms with Crippen LogP contribution in [0.1, 0.15) is 22.7 Å². The number of methoxy groups -OCH3 is 1. The molecule has 29 heavy (non-hydrogen) atoms. The number of aryl methyl sites for hydroxylation is 1. The average Bonchev–Trinajstić information content (AvgIpc) is 3.16. The molecule has 0 amide bonds. The average molecular weight is 391 g/mol. The minimum atomic E-state index is 0.0446. The Morgan fingerprint density at radius 1 is 1.21 bits per heavy atom. The monoisotopic (exact) mass is 391 g/mol. The molecule has 0 saturated carbocycles. The Morgan fingerprint density at radius 3 is 2.97 bits per heavy atom. The van der Waals surface area contributed by atoms with Gasteiger partial charge in [-0.15, -0.1) is 0 Å². The quantitative estimate of drug-likeness (QED) is 0.684. The molecular weight excluding hydrogens is 366 g/mol. The molecule has 2 unspecified atom stereocenters. The van der Waals surface area contributed by atoms with Gasteiger partial charge in [-0.2, -0.15) is 0 Å². The minimum absolute atomic E-state index is 0.0446. The van der Waals surface area contributed by atoms with Gasteiger partial charge in [-0.25, -0.2) is 4.98 Å². The first kappa shape index (κ1) is 18.2. The molecule has 1 aromatic carbocycles. The molecule has 0 bridgehead atoms. The third kappa shape index (κ3) is 3.08. The van der Waals surface area contributed by atoms with E-state index in [-0.39, 0.29) is 5.56 Å². The van der Waals surface area contributed by atoms with Gasteiger partial charge in [0.1, 0.15) is 5.65 Å². The third-order valence-electron chi connectivity index (χ3n) is 6.30. The van der Waals surface area contributed by atoms with Crippen LogP contribution in [0.3, 0.4) is 0 Å². The molecule has 0 N–H and O–H groups in total. The van der Waals surface area contributed by atoms with E-state index in [9.17, 15) is 4.79 Å². The van der Waals surface area contributed by atoms with E-state index >= 15 is 0 Å². The van der Waals surface area contributed by atoms with Gasteiger partial charge in [-0.3, -0.25) is 9.20 Å². The van der Waals surface area contributed by atoms with Crippen molar-refractivity contribution in [3.05, 3.63) is 69.8 Å². The lowest BCUT2D eigenvalue weighted by Crippen LogP contribution is -2.28. The van der Waals surface area contributed by atoms with Gasteiger partial charge in [-0.1, -0.05) is 18.2 Å². The molecule has 5 rings (SSSR count). The zero-order valence-corrected chi connectivity index (χ0v) is 16.8. The molecule has 2 aliphatic rings. The summed E-state index contributed by atoms with van der Waals surface area (Å²) in [5.74, 6) is 2.63. The molecule has 6 nitrogen and oxygen atoms in total. The summed E-state index contributed by atoms with van der Waals surface area (Å²) in [5.41, 5.74) is 3.63. The summed E-state index contributed by atoms with van der Waals surface area (Å²) >= 11 is 0. The second kappa shape index (κ2) is 7.19. The molecular formula is C23H25N3O3. The Kier molecular flexibility index (Phi) is 4.51. The van der Waals surface area contributed by atoms with E-state index < -0.39 is 0 Å². The first-order valence-corrected chi connectivity index (χ1v) is 10.1. The number of para-hydroxylation sites is 1. The lowest BCUT2D eigenvalue weighted by atomic mass is 9.87. The molecule has 0 spiro atoms. The van der Waals surface area contributed by atoms with Crippen LogP contribution in [0.5, 0.6) is 11.5 Å². The van der Waals surface area contributed by atoms with Crippen LogP contribution in [-0.4, -0.2) is 47.6 Å². The third-order valence-corrected chi connectivity index (χ3v) is 6.30. The van der Waals surface area contributed by atoms with Gasteiger partial charge in [0, 0.05) is 54.5 Å². The van der Waals surface area contributed by atoms with Crippen LogP contribution in [0.25, 0.3) is 5.65 Å². The van der Waals surface area contributed by atoms with E-state index in [1.807, 2.05) is 37.3 Å². The first-order valence-electron chi connectivity index (χ1n) is 10.1. The van der Waals surface area contributed by atoms with Gasteiger partial charge in [0.15, 0.2) is 11.5 Å². The SMILES string of the molecule is COc1cccc2c1OCC1CN(CCc3c(C)nc4ccccn4c3=O)CC21. The van der Waals surface area contributed by atoms with Crippen molar-refractivity contribution in [3.63, 3.8) is 0 Å². The number of likely N-dealkylation sites (tertiary alicyclic amines) is 1. The Labute approximate surface area is 169 Å². The fraction of sp³-hybridized carbons (Fsp3) is 0.391.